The Morgan fingerprint density at radius 1 is 1.13 bits per heavy atom. The van der Waals surface area contributed by atoms with Gasteiger partial charge in [-0.1, -0.05) is 38.3 Å². The molecule has 30 heavy (non-hydrogen) atoms. The predicted octanol–water partition coefficient (Wildman–Crippen LogP) is 6.21. The quantitative estimate of drug-likeness (QED) is 0.341. The van der Waals surface area contributed by atoms with E-state index < -0.39 is 0 Å². The number of nitrogens with zero attached hydrogens (tertiary/aromatic N) is 6. The highest BCUT2D eigenvalue weighted by atomic mass is 35.5. The van der Waals surface area contributed by atoms with Crippen LogP contribution in [0.2, 0.25) is 5.02 Å². The Hall–Kier alpha value is -2.25. The van der Waals surface area contributed by atoms with Crippen molar-refractivity contribution in [2.24, 2.45) is 7.05 Å². The summed E-state index contributed by atoms with van der Waals surface area (Å²) in [5.74, 6) is 1.29. The fourth-order valence-corrected chi connectivity index (χ4v) is 5.69. The van der Waals surface area contributed by atoms with E-state index in [9.17, 15) is 0 Å². The number of thiophene rings is 1. The molecule has 8 heteroatoms. The van der Waals surface area contributed by atoms with Crippen LogP contribution in [0.1, 0.15) is 62.4 Å². The molecule has 158 valence electrons. The lowest BCUT2D eigenvalue weighted by Crippen LogP contribution is -2.06. The van der Waals surface area contributed by atoms with Gasteiger partial charge in [0.1, 0.15) is 12.0 Å². The summed E-state index contributed by atoms with van der Waals surface area (Å²) < 4.78 is 3.75. The summed E-state index contributed by atoms with van der Waals surface area (Å²) in [4.78, 5) is 11.3. The van der Waals surface area contributed by atoms with Gasteiger partial charge >= 0.3 is 0 Å². The summed E-state index contributed by atoms with van der Waals surface area (Å²) in [5.41, 5.74) is 5.14. The van der Waals surface area contributed by atoms with Crippen LogP contribution in [-0.4, -0.2) is 29.4 Å². The summed E-state index contributed by atoms with van der Waals surface area (Å²) >= 11 is 8.31. The lowest BCUT2D eigenvalue weighted by atomic mass is 9.91. The third-order valence-electron chi connectivity index (χ3n) is 5.46. The fraction of sp³-hybridized carbons (Fsp3) is 0.455. The van der Waals surface area contributed by atoms with Gasteiger partial charge in [0.15, 0.2) is 11.5 Å². The molecule has 4 aromatic heterocycles. The number of hydrogen-bond donors (Lipinski definition) is 0. The molecule has 0 amide bonds. The van der Waals surface area contributed by atoms with E-state index in [1.165, 1.54) is 5.56 Å². The van der Waals surface area contributed by atoms with Crippen molar-refractivity contribution in [3.05, 3.63) is 40.4 Å². The molecular formula is C22H27ClN6S. The van der Waals surface area contributed by atoms with Crippen molar-refractivity contribution < 1.29 is 0 Å². The predicted molar refractivity (Wildman–Crippen MR) is 123 cm³/mol. The Morgan fingerprint density at radius 2 is 1.87 bits per heavy atom. The Bertz CT molecular complexity index is 1180. The minimum atomic E-state index is 0.492. The molecule has 0 N–H and O–H groups in total. The third kappa shape index (κ3) is 3.65. The van der Waals surface area contributed by atoms with Crippen molar-refractivity contribution in [1.29, 1.82) is 0 Å². The Labute approximate surface area is 185 Å². The SMILES string of the molecule is CCCC(CCC)c1cc(C)nn2c(-c3sc(-c4ncnn4C)cc3Cl)c(C)nc12. The molecule has 0 saturated heterocycles. The minimum absolute atomic E-state index is 0.492. The van der Waals surface area contributed by atoms with Crippen molar-refractivity contribution >= 4 is 28.6 Å². The number of aromatic nitrogens is 6. The molecule has 0 aliphatic carbocycles. The number of halogens is 1. The van der Waals surface area contributed by atoms with E-state index in [-0.39, 0.29) is 0 Å². The van der Waals surface area contributed by atoms with Crippen molar-refractivity contribution in [3.8, 4) is 21.3 Å². The van der Waals surface area contributed by atoms with Gasteiger partial charge in [-0.2, -0.15) is 10.2 Å². The van der Waals surface area contributed by atoms with Crippen LogP contribution >= 0.6 is 22.9 Å². The highest BCUT2D eigenvalue weighted by molar-refractivity contribution is 7.19. The van der Waals surface area contributed by atoms with E-state index in [1.807, 2.05) is 24.6 Å². The van der Waals surface area contributed by atoms with Crippen LogP contribution in [0.15, 0.2) is 18.5 Å². The Balaban J connectivity index is 1.90. The maximum absolute atomic E-state index is 6.70. The molecule has 0 aliphatic rings. The van der Waals surface area contributed by atoms with Crippen LogP contribution in [0.5, 0.6) is 0 Å². The zero-order chi connectivity index (χ0) is 21.4. The van der Waals surface area contributed by atoms with Crippen LogP contribution in [0, 0.1) is 13.8 Å². The normalized spacial score (nSPS) is 11.8. The van der Waals surface area contributed by atoms with Gasteiger partial charge in [-0.3, -0.25) is 0 Å². The maximum atomic E-state index is 6.70. The standard InChI is InChI=1S/C22H27ClN6S/c1-6-8-15(9-7-2)16-10-13(3)27-29-19(14(4)26-21(16)29)20-17(23)11-18(30-20)22-24-12-25-28(22)5/h10-12,15H,6-9H2,1-5H3. The Morgan fingerprint density at radius 3 is 2.50 bits per heavy atom. The van der Waals surface area contributed by atoms with Crippen LogP contribution in [0.3, 0.4) is 0 Å². The van der Waals surface area contributed by atoms with Gasteiger partial charge in [0, 0.05) is 12.6 Å². The zero-order valence-corrected chi connectivity index (χ0v) is 19.7. The first-order chi connectivity index (χ1) is 14.4. The van der Waals surface area contributed by atoms with Crippen molar-refractivity contribution in [2.75, 3.05) is 0 Å². The summed E-state index contributed by atoms with van der Waals surface area (Å²) in [6, 6.07) is 4.17. The van der Waals surface area contributed by atoms with Gasteiger partial charge in [0.05, 0.1) is 26.2 Å². The Kier molecular flexibility index (Phi) is 5.93. The minimum Gasteiger partial charge on any atom is -0.248 e. The number of aryl methyl sites for hydroxylation is 3. The zero-order valence-electron chi connectivity index (χ0n) is 18.1. The first kappa shape index (κ1) is 21.0. The number of fused-ring (bicyclic) bond motifs is 1. The van der Waals surface area contributed by atoms with Crippen molar-refractivity contribution in [1.82, 2.24) is 29.4 Å². The molecule has 6 nitrogen and oxygen atoms in total. The summed E-state index contributed by atoms with van der Waals surface area (Å²) in [7, 11) is 1.88. The molecule has 0 unspecified atom stereocenters. The second-order valence-corrected chi connectivity index (χ2v) is 9.25. The van der Waals surface area contributed by atoms with Gasteiger partial charge in [-0.15, -0.1) is 11.3 Å². The van der Waals surface area contributed by atoms with E-state index in [0.29, 0.717) is 10.9 Å². The molecule has 0 radical (unpaired) electrons. The van der Waals surface area contributed by atoms with Crippen LogP contribution in [0.4, 0.5) is 0 Å². The first-order valence-corrected chi connectivity index (χ1v) is 11.6. The van der Waals surface area contributed by atoms with E-state index in [4.69, 9.17) is 21.7 Å². The van der Waals surface area contributed by atoms with Gasteiger partial charge in [0.25, 0.3) is 0 Å². The highest BCUT2D eigenvalue weighted by Gasteiger charge is 2.24. The summed E-state index contributed by atoms with van der Waals surface area (Å²) in [6.07, 6.45) is 6.18. The van der Waals surface area contributed by atoms with Crippen molar-refractivity contribution in [3.63, 3.8) is 0 Å². The second-order valence-electron chi connectivity index (χ2n) is 7.79. The summed E-state index contributed by atoms with van der Waals surface area (Å²) in [5, 5.41) is 9.70. The van der Waals surface area contributed by atoms with Crippen LogP contribution < -0.4 is 0 Å². The molecular weight excluding hydrogens is 416 g/mol. The molecule has 0 aliphatic heterocycles. The molecule has 0 spiro atoms. The molecule has 0 bridgehead atoms. The molecule has 4 aromatic rings. The van der Waals surface area contributed by atoms with Gasteiger partial charge in [-0.05, 0) is 44.7 Å². The average molecular weight is 443 g/mol. The van der Waals surface area contributed by atoms with Crippen LogP contribution in [-0.2, 0) is 7.05 Å². The maximum Gasteiger partial charge on any atom is 0.167 e. The average Bonchev–Trinajstić information content (AvgIpc) is 3.37. The first-order valence-electron chi connectivity index (χ1n) is 10.5. The second kappa shape index (κ2) is 8.47. The van der Waals surface area contributed by atoms with E-state index in [1.54, 1.807) is 22.3 Å². The number of imidazole rings is 1. The lowest BCUT2D eigenvalue weighted by molar-refractivity contribution is 0.560. The molecule has 0 fully saturated rings. The van der Waals surface area contributed by atoms with Gasteiger partial charge < -0.3 is 0 Å². The van der Waals surface area contributed by atoms with E-state index in [2.05, 4.69) is 36.9 Å². The topological polar surface area (TPSA) is 60.9 Å². The summed E-state index contributed by atoms with van der Waals surface area (Å²) in [6.45, 7) is 8.58. The molecule has 0 atom stereocenters. The van der Waals surface area contributed by atoms with Gasteiger partial charge in [-0.25, -0.2) is 19.2 Å². The molecule has 0 saturated carbocycles. The van der Waals surface area contributed by atoms with Crippen LogP contribution in [0.25, 0.3) is 26.9 Å². The van der Waals surface area contributed by atoms with E-state index >= 15 is 0 Å². The van der Waals surface area contributed by atoms with Crippen molar-refractivity contribution in [2.45, 2.75) is 59.3 Å². The molecule has 4 rings (SSSR count). The smallest absolute Gasteiger partial charge is 0.167 e. The molecule has 0 aromatic carbocycles. The van der Waals surface area contributed by atoms with E-state index in [0.717, 1.165) is 64.0 Å². The number of hydrogen-bond acceptors (Lipinski definition) is 5. The number of rotatable bonds is 7. The van der Waals surface area contributed by atoms with Gasteiger partial charge in [0.2, 0.25) is 0 Å². The third-order valence-corrected chi connectivity index (χ3v) is 7.00. The fourth-order valence-electron chi connectivity index (χ4n) is 4.15. The lowest BCUT2D eigenvalue weighted by Gasteiger charge is -2.17. The highest BCUT2D eigenvalue weighted by Crippen LogP contribution is 2.42. The molecule has 4 heterocycles. The largest absolute Gasteiger partial charge is 0.248 e. The monoisotopic (exact) mass is 442 g/mol.